The van der Waals surface area contributed by atoms with Crippen molar-refractivity contribution >= 4 is 56.8 Å². The van der Waals surface area contributed by atoms with Gasteiger partial charge in [-0.2, -0.15) is 13.2 Å². The fourth-order valence-electron chi connectivity index (χ4n) is 3.95. The lowest BCUT2D eigenvalue weighted by atomic mass is 10.1. The van der Waals surface area contributed by atoms with Gasteiger partial charge in [-0.25, -0.2) is 0 Å². The van der Waals surface area contributed by atoms with Crippen LogP contribution in [0.5, 0.6) is 17.2 Å². The van der Waals surface area contributed by atoms with E-state index in [2.05, 4.69) is 36.8 Å². The van der Waals surface area contributed by atoms with Crippen molar-refractivity contribution < 1.29 is 37.0 Å². The summed E-state index contributed by atoms with van der Waals surface area (Å²) in [5, 5.41) is 13.9. The van der Waals surface area contributed by atoms with Gasteiger partial charge in [0.15, 0.2) is 22.5 Å². The van der Waals surface area contributed by atoms with Crippen LogP contribution in [0, 0.1) is 0 Å². The molecule has 0 aliphatic heterocycles. The van der Waals surface area contributed by atoms with Gasteiger partial charge in [0, 0.05) is 15.7 Å². The molecule has 0 saturated heterocycles. The van der Waals surface area contributed by atoms with Crippen LogP contribution in [-0.2, 0) is 17.5 Å². The Kier molecular flexibility index (Phi) is 10.7. The van der Waals surface area contributed by atoms with Crippen LogP contribution in [0.15, 0.2) is 64.2 Å². The van der Waals surface area contributed by atoms with Crippen LogP contribution in [-0.4, -0.2) is 53.7 Å². The summed E-state index contributed by atoms with van der Waals surface area (Å²) >= 11 is 10.4. The number of halogens is 5. The Hall–Kier alpha value is -3.95. The predicted molar refractivity (Wildman–Crippen MR) is 162 cm³/mol. The van der Waals surface area contributed by atoms with Crippen molar-refractivity contribution in [3.8, 4) is 22.9 Å². The Bertz CT molecular complexity index is 1650. The number of carbonyl (C=O) groups excluding carboxylic acids is 2. The Morgan fingerprint density at radius 1 is 0.977 bits per heavy atom. The van der Waals surface area contributed by atoms with Gasteiger partial charge in [0.2, 0.25) is 11.7 Å². The van der Waals surface area contributed by atoms with E-state index in [9.17, 15) is 22.8 Å². The number of amides is 2. The summed E-state index contributed by atoms with van der Waals surface area (Å²) in [6, 6.07) is 12.8. The average molecular weight is 715 g/mol. The molecule has 0 fully saturated rings. The third-order valence-electron chi connectivity index (χ3n) is 6.02. The molecule has 0 atom stereocenters. The molecule has 2 N–H and O–H groups in total. The Labute approximate surface area is 267 Å². The number of nitrogens with zero attached hydrogens (tertiary/aromatic N) is 3. The molecule has 2 amide bonds. The fourth-order valence-corrected chi connectivity index (χ4v) is 5.15. The molecular weight excluding hydrogens is 691 g/mol. The highest BCUT2D eigenvalue weighted by Gasteiger charge is 2.31. The first-order valence-electron chi connectivity index (χ1n) is 12.5. The highest BCUT2D eigenvalue weighted by molar-refractivity contribution is 9.10. The second-order valence-electron chi connectivity index (χ2n) is 8.84. The third-order valence-corrected chi connectivity index (χ3v) is 7.81. The van der Waals surface area contributed by atoms with E-state index in [0.29, 0.717) is 33.9 Å². The molecule has 1 heterocycles. The summed E-state index contributed by atoms with van der Waals surface area (Å²) in [5.74, 6) is -0.00437. The first-order valence-corrected chi connectivity index (χ1v) is 14.7. The minimum atomic E-state index is -4.60. The van der Waals surface area contributed by atoms with Crippen LogP contribution in [0.2, 0.25) is 5.02 Å². The number of hydrogen-bond acceptors (Lipinski definition) is 8. The summed E-state index contributed by atoms with van der Waals surface area (Å²) in [6.45, 7) is -0.0504. The quantitative estimate of drug-likeness (QED) is 0.172. The van der Waals surface area contributed by atoms with Gasteiger partial charge in [-0.05, 0) is 54.6 Å². The second-order valence-corrected chi connectivity index (χ2v) is 11.1. The molecule has 4 rings (SSSR count). The number of methoxy groups -OCH3 is 3. The van der Waals surface area contributed by atoms with E-state index in [4.69, 9.17) is 25.8 Å². The van der Waals surface area contributed by atoms with E-state index in [1.165, 1.54) is 33.5 Å². The molecule has 0 saturated carbocycles. The monoisotopic (exact) mass is 713 g/mol. The highest BCUT2D eigenvalue weighted by Crippen LogP contribution is 2.38. The molecule has 44 heavy (non-hydrogen) atoms. The lowest BCUT2D eigenvalue weighted by Gasteiger charge is -2.14. The molecule has 0 bridgehead atoms. The second kappa shape index (κ2) is 14.2. The van der Waals surface area contributed by atoms with E-state index >= 15 is 0 Å². The summed E-state index contributed by atoms with van der Waals surface area (Å²) in [7, 11) is 4.33. The van der Waals surface area contributed by atoms with Crippen molar-refractivity contribution in [3.63, 3.8) is 0 Å². The normalized spacial score (nSPS) is 11.2. The molecule has 1 aromatic heterocycles. The summed E-state index contributed by atoms with van der Waals surface area (Å²) in [6.07, 6.45) is -4.60. The molecule has 16 heteroatoms. The SMILES string of the molecule is COc1cc(C(=O)NCc2nnc(SCC(=O)Nc3cc(C(F)(F)F)ccc3Cl)n2-c2ccc(Br)cc2)cc(OC)c1OC. The van der Waals surface area contributed by atoms with Crippen LogP contribution >= 0.6 is 39.3 Å². The summed E-state index contributed by atoms with van der Waals surface area (Å²) in [4.78, 5) is 25.8. The molecule has 4 aromatic rings. The predicted octanol–water partition coefficient (Wildman–Crippen LogP) is 6.39. The first-order chi connectivity index (χ1) is 20.9. The van der Waals surface area contributed by atoms with Crippen LogP contribution in [0.4, 0.5) is 18.9 Å². The van der Waals surface area contributed by atoms with E-state index < -0.39 is 23.6 Å². The van der Waals surface area contributed by atoms with Gasteiger partial charge in [-0.3, -0.25) is 14.2 Å². The Morgan fingerprint density at radius 2 is 1.64 bits per heavy atom. The van der Waals surface area contributed by atoms with E-state index in [1.54, 1.807) is 28.8 Å². The minimum absolute atomic E-state index is 0.0421. The zero-order valence-corrected chi connectivity index (χ0v) is 26.4. The van der Waals surface area contributed by atoms with Gasteiger partial charge in [0.1, 0.15) is 0 Å². The fraction of sp³-hybridized carbons (Fsp3) is 0.214. The highest BCUT2D eigenvalue weighted by atomic mass is 79.9. The maximum Gasteiger partial charge on any atom is 0.416 e. The Morgan fingerprint density at radius 3 is 2.23 bits per heavy atom. The van der Waals surface area contributed by atoms with Crippen LogP contribution in [0.25, 0.3) is 5.69 Å². The van der Waals surface area contributed by atoms with Crippen molar-refractivity contribution in [2.75, 3.05) is 32.4 Å². The molecule has 0 aliphatic carbocycles. The van der Waals surface area contributed by atoms with Crippen molar-refractivity contribution in [2.24, 2.45) is 0 Å². The van der Waals surface area contributed by atoms with Crippen LogP contribution in [0.3, 0.4) is 0 Å². The zero-order chi connectivity index (χ0) is 32.0. The van der Waals surface area contributed by atoms with Crippen molar-refractivity contribution in [2.45, 2.75) is 17.9 Å². The molecule has 0 spiro atoms. The number of nitrogens with one attached hydrogen (secondary N) is 2. The number of aromatic nitrogens is 3. The number of alkyl halides is 3. The molecule has 10 nitrogen and oxygen atoms in total. The van der Waals surface area contributed by atoms with E-state index in [-0.39, 0.29) is 28.6 Å². The number of ether oxygens (including phenoxy) is 3. The number of rotatable bonds is 11. The first kappa shape index (κ1) is 33.0. The lowest BCUT2D eigenvalue weighted by molar-refractivity contribution is -0.137. The van der Waals surface area contributed by atoms with Crippen LogP contribution in [0.1, 0.15) is 21.7 Å². The summed E-state index contributed by atoms with van der Waals surface area (Å²) < 4.78 is 57.8. The van der Waals surface area contributed by atoms with Gasteiger partial charge in [-0.1, -0.05) is 39.3 Å². The van der Waals surface area contributed by atoms with Gasteiger partial charge >= 0.3 is 6.18 Å². The number of carbonyl (C=O) groups is 2. The molecule has 3 aromatic carbocycles. The van der Waals surface area contributed by atoms with Gasteiger partial charge in [-0.15, -0.1) is 10.2 Å². The number of benzene rings is 3. The van der Waals surface area contributed by atoms with Gasteiger partial charge in [0.05, 0.1) is 49.9 Å². The molecular formula is C28H24BrClF3N5O5S. The standard InChI is InChI=1S/C28H24BrClF3N5O5S/c1-41-21-10-15(11-22(42-2)25(21)43-3)26(40)34-13-23-36-37-27(38(23)18-7-5-17(29)6-8-18)44-14-24(39)35-20-12-16(28(31,32)33)4-9-19(20)30/h4-12H,13-14H2,1-3H3,(H,34,40)(H,35,39). The lowest BCUT2D eigenvalue weighted by Crippen LogP contribution is -2.25. The van der Waals surface area contributed by atoms with E-state index in [1.807, 2.05) is 0 Å². The topological polar surface area (TPSA) is 117 Å². The van der Waals surface area contributed by atoms with Crippen molar-refractivity contribution in [3.05, 3.63) is 81.0 Å². The van der Waals surface area contributed by atoms with E-state index in [0.717, 1.165) is 34.4 Å². The number of thioether (sulfide) groups is 1. The number of anilines is 1. The molecule has 0 radical (unpaired) electrons. The third kappa shape index (κ3) is 7.76. The average Bonchev–Trinajstić information content (AvgIpc) is 3.41. The van der Waals surface area contributed by atoms with Gasteiger partial charge < -0.3 is 24.8 Å². The van der Waals surface area contributed by atoms with Gasteiger partial charge in [0.25, 0.3) is 5.91 Å². The summed E-state index contributed by atoms with van der Waals surface area (Å²) in [5.41, 5.74) is -0.234. The Balaban J connectivity index is 1.53. The molecule has 0 aliphatic rings. The maximum absolute atomic E-state index is 13.1. The molecule has 0 unspecified atom stereocenters. The minimum Gasteiger partial charge on any atom is -0.493 e. The maximum atomic E-state index is 13.1. The smallest absolute Gasteiger partial charge is 0.416 e. The number of hydrogen-bond donors (Lipinski definition) is 2. The van der Waals surface area contributed by atoms with Crippen molar-refractivity contribution in [1.82, 2.24) is 20.1 Å². The van der Waals surface area contributed by atoms with Crippen molar-refractivity contribution in [1.29, 1.82) is 0 Å². The zero-order valence-electron chi connectivity index (χ0n) is 23.3. The largest absolute Gasteiger partial charge is 0.493 e. The van der Waals surface area contributed by atoms with Crippen LogP contribution < -0.4 is 24.8 Å². The molecule has 232 valence electrons.